The second kappa shape index (κ2) is 5.85. The van der Waals surface area contributed by atoms with Crippen molar-refractivity contribution in [3.8, 4) is 0 Å². The lowest BCUT2D eigenvalue weighted by Gasteiger charge is -2.06. The molecule has 0 saturated heterocycles. The Hall–Kier alpha value is -0.910. The van der Waals surface area contributed by atoms with E-state index in [4.69, 9.17) is 0 Å². The van der Waals surface area contributed by atoms with Gasteiger partial charge in [-0.15, -0.1) is 0 Å². The summed E-state index contributed by atoms with van der Waals surface area (Å²) in [5, 5.41) is 0. The summed E-state index contributed by atoms with van der Waals surface area (Å²) < 4.78 is 22.1. The van der Waals surface area contributed by atoms with Gasteiger partial charge in [0.25, 0.3) is 0 Å². The maximum Gasteiger partial charge on any atom is 0.224 e. The average Bonchev–Trinajstić information content (AvgIpc) is 2.26. The fraction of sp³-hybridized carbons (Fsp3) is 0.400. The molecule has 0 aliphatic rings. The molecule has 0 aromatic heterocycles. The van der Waals surface area contributed by atoms with Gasteiger partial charge in [-0.25, -0.2) is 13.8 Å². The van der Waals surface area contributed by atoms with Gasteiger partial charge in [-0.3, -0.25) is 0 Å². The minimum absolute atomic E-state index is 0.0886. The number of hydrogen-bond donors (Lipinski definition) is 2. The van der Waals surface area contributed by atoms with Crippen LogP contribution in [0.5, 0.6) is 0 Å². The van der Waals surface area contributed by atoms with E-state index in [0.29, 0.717) is 6.54 Å². The standard InChI is InChI=1S/C10H16N2O2S/c1-2-15(13,14)12-11-9-8-10-6-4-3-5-7-10/h3-7,11-12H,2,8-9H2,1H3. The first-order chi connectivity index (χ1) is 7.14. The first kappa shape index (κ1) is 12.2. The topological polar surface area (TPSA) is 58.2 Å². The van der Waals surface area contributed by atoms with Crippen LogP contribution in [0.4, 0.5) is 0 Å². The molecule has 0 radical (unpaired) electrons. The summed E-state index contributed by atoms with van der Waals surface area (Å²) in [5.74, 6) is 0.0886. The molecule has 0 fully saturated rings. The Morgan fingerprint density at radius 3 is 2.47 bits per heavy atom. The van der Waals surface area contributed by atoms with Crippen LogP contribution in [0.2, 0.25) is 0 Å². The van der Waals surface area contributed by atoms with Crippen molar-refractivity contribution in [3.05, 3.63) is 35.9 Å². The smallest absolute Gasteiger partial charge is 0.224 e. The summed E-state index contributed by atoms with van der Waals surface area (Å²) in [6.45, 7) is 2.18. The highest BCUT2D eigenvalue weighted by molar-refractivity contribution is 7.89. The molecule has 1 aromatic carbocycles. The number of rotatable bonds is 6. The molecule has 1 aromatic rings. The number of nitrogens with one attached hydrogen (secondary N) is 2. The maximum absolute atomic E-state index is 11.0. The first-order valence-corrected chi connectivity index (χ1v) is 6.55. The lowest BCUT2D eigenvalue weighted by atomic mass is 10.2. The van der Waals surface area contributed by atoms with E-state index >= 15 is 0 Å². The van der Waals surface area contributed by atoms with Crippen LogP contribution >= 0.6 is 0 Å². The van der Waals surface area contributed by atoms with Gasteiger partial charge in [0.15, 0.2) is 0 Å². The number of benzene rings is 1. The van der Waals surface area contributed by atoms with Crippen LogP contribution in [0.25, 0.3) is 0 Å². The van der Waals surface area contributed by atoms with E-state index in [-0.39, 0.29) is 5.75 Å². The van der Waals surface area contributed by atoms with Crippen LogP contribution in [0.1, 0.15) is 12.5 Å². The van der Waals surface area contributed by atoms with Crippen LogP contribution in [0, 0.1) is 0 Å². The highest BCUT2D eigenvalue weighted by atomic mass is 32.2. The van der Waals surface area contributed by atoms with Gasteiger partial charge in [-0.1, -0.05) is 30.3 Å². The van der Waals surface area contributed by atoms with Crippen LogP contribution in [-0.4, -0.2) is 20.7 Å². The van der Waals surface area contributed by atoms with Crippen molar-refractivity contribution in [2.45, 2.75) is 13.3 Å². The Morgan fingerprint density at radius 1 is 1.20 bits per heavy atom. The minimum atomic E-state index is -3.14. The SMILES string of the molecule is CCS(=O)(=O)NNCCc1ccccc1. The summed E-state index contributed by atoms with van der Waals surface area (Å²) in [4.78, 5) is 2.30. The van der Waals surface area contributed by atoms with Gasteiger partial charge in [0, 0.05) is 6.54 Å². The fourth-order valence-electron chi connectivity index (χ4n) is 1.08. The molecule has 0 unspecified atom stereocenters. The first-order valence-electron chi connectivity index (χ1n) is 4.90. The molecule has 0 spiro atoms. The average molecular weight is 228 g/mol. The Kier molecular flexibility index (Phi) is 4.74. The van der Waals surface area contributed by atoms with E-state index < -0.39 is 10.0 Å². The number of hydrogen-bond acceptors (Lipinski definition) is 3. The van der Waals surface area contributed by atoms with Gasteiger partial charge in [-0.2, -0.15) is 4.83 Å². The second-order valence-corrected chi connectivity index (χ2v) is 5.18. The molecular weight excluding hydrogens is 212 g/mol. The van der Waals surface area contributed by atoms with Gasteiger partial charge in [0.05, 0.1) is 5.75 Å². The predicted molar refractivity (Wildman–Crippen MR) is 60.7 cm³/mol. The maximum atomic E-state index is 11.0. The molecule has 1 rings (SSSR count). The molecule has 0 aliphatic heterocycles. The summed E-state index contributed by atoms with van der Waals surface area (Å²) in [7, 11) is -3.14. The molecular formula is C10H16N2O2S. The Bertz CT molecular complexity index is 376. The summed E-state index contributed by atoms with van der Waals surface area (Å²) in [6.07, 6.45) is 0.799. The van der Waals surface area contributed by atoms with Gasteiger partial charge < -0.3 is 0 Å². The minimum Gasteiger partial charge on any atom is -0.244 e. The molecule has 4 nitrogen and oxygen atoms in total. The zero-order valence-corrected chi connectivity index (χ0v) is 9.55. The molecule has 0 saturated carbocycles. The van der Waals surface area contributed by atoms with Gasteiger partial charge in [0.1, 0.15) is 0 Å². The van der Waals surface area contributed by atoms with E-state index in [1.165, 1.54) is 5.56 Å². The largest absolute Gasteiger partial charge is 0.244 e. The van der Waals surface area contributed by atoms with Crippen molar-refractivity contribution in [2.24, 2.45) is 0 Å². The third-order valence-corrected chi connectivity index (χ3v) is 3.20. The summed E-state index contributed by atoms with van der Waals surface area (Å²) in [6, 6.07) is 9.90. The Morgan fingerprint density at radius 2 is 1.87 bits per heavy atom. The number of sulfonamides is 1. The van der Waals surface area contributed by atoms with Crippen molar-refractivity contribution in [1.29, 1.82) is 0 Å². The molecule has 0 aliphatic carbocycles. The van der Waals surface area contributed by atoms with Crippen LogP contribution in [0.3, 0.4) is 0 Å². The molecule has 0 bridgehead atoms. The molecule has 84 valence electrons. The molecule has 0 heterocycles. The van der Waals surface area contributed by atoms with Gasteiger partial charge >= 0.3 is 0 Å². The molecule has 5 heteroatoms. The molecule has 15 heavy (non-hydrogen) atoms. The summed E-state index contributed by atoms with van der Waals surface area (Å²) in [5.41, 5.74) is 3.87. The van der Waals surface area contributed by atoms with E-state index in [2.05, 4.69) is 10.3 Å². The second-order valence-electron chi connectivity index (χ2n) is 3.17. The fourth-order valence-corrected chi connectivity index (χ4v) is 1.55. The Labute approximate surface area is 90.7 Å². The van der Waals surface area contributed by atoms with Gasteiger partial charge in [-0.05, 0) is 18.9 Å². The molecule has 0 amide bonds. The third-order valence-electron chi connectivity index (χ3n) is 1.99. The monoisotopic (exact) mass is 228 g/mol. The zero-order chi connectivity index (χ0) is 11.1. The third kappa shape index (κ3) is 4.92. The molecule has 2 N–H and O–H groups in total. The van der Waals surface area contributed by atoms with Crippen LogP contribution in [-0.2, 0) is 16.4 Å². The number of hydrazine groups is 1. The lowest BCUT2D eigenvalue weighted by molar-refractivity contribution is 0.557. The van der Waals surface area contributed by atoms with Crippen molar-refractivity contribution in [1.82, 2.24) is 10.3 Å². The van der Waals surface area contributed by atoms with E-state index in [1.54, 1.807) is 6.92 Å². The van der Waals surface area contributed by atoms with Crippen molar-refractivity contribution >= 4 is 10.0 Å². The zero-order valence-electron chi connectivity index (χ0n) is 8.73. The lowest BCUT2D eigenvalue weighted by Crippen LogP contribution is -2.39. The summed E-state index contributed by atoms with van der Waals surface area (Å²) >= 11 is 0. The van der Waals surface area contributed by atoms with Crippen LogP contribution in [0.15, 0.2) is 30.3 Å². The predicted octanol–water partition coefficient (Wildman–Crippen LogP) is 0.673. The van der Waals surface area contributed by atoms with E-state index in [0.717, 1.165) is 6.42 Å². The quantitative estimate of drug-likeness (QED) is 0.556. The molecule has 0 atom stereocenters. The van der Waals surface area contributed by atoms with Gasteiger partial charge in [0.2, 0.25) is 10.0 Å². The van der Waals surface area contributed by atoms with E-state index in [1.807, 2.05) is 30.3 Å². The van der Waals surface area contributed by atoms with Crippen molar-refractivity contribution < 1.29 is 8.42 Å². The Balaban J connectivity index is 2.24. The normalized spacial score (nSPS) is 11.5. The van der Waals surface area contributed by atoms with E-state index in [9.17, 15) is 8.42 Å². The highest BCUT2D eigenvalue weighted by Gasteiger charge is 2.03. The van der Waals surface area contributed by atoms with Crippen molar-refractivity contribution in [2.75, 3.05) is 12.3 Å². The van der Waals surface area contributed by atoms with Crippen LogP contribution < -0.4 is 10.3 Å². The highest BCUT2D eigenvalue weighted by Crippen LogP contribution is 1.97. The van der Waals surface area contributed by atoms with Crippen molar-refractivity contribution in [3.63, 3.8) is 0 Å².